The Kier molecular flexibility index (Phi) is 7.48. The van der Waals surface area contributed by atoms with E-state index in [4.69, 9.17) is 0 Å². The van der Waals surface area contributed by atoms with Crippen molar-refractivity contribution in [3.05, 3.63) is 0 Å². The molecule has 0 amide bonds. The summed E-state index contributed by atoms with van der Waals surface area (Å²) in [5.41, 5.74) is 0. The molecule has 98 valence electrons. The molecule has 0 aliphatic heterocycles. The number of hydrogen-bond donors (Lipinski definition) is 1. The van der Waals surface area contributed by atoms with E-state index in [2.05, 4.69) is 19.6 Å². The molecule has 0 aliphatic carbocycles. The van der Waals surface area contributed by atoms with E-state index < -0.39 is 12.7 Å². The Morgan fingerprint density at radius 1 is 1.12 bits per heavy atom. The molecule has 5 heteroatoms. The first-order chi connectivity index (χ1) is 7.26. The summed E-state index contributed by atoms with van der Waals surface area (Å²) >= 11 is 4.12. The van der Waals surface area contributed by atoms with Gasteiger partial charge in [0, 0.05) is 6.04 Å². The van der Waals surface area contributed by atoms with Crippen molar-refractivity contribution < 1.29 is 13.2 Å². The van der Waals surface area contributed by atoms with Gasteiger partial charge in [-0.2, -0.15) is 25.8 Å². The van der Waals surface area contributed by atoms with Crippen molar-refractivity contribution in [2.45, 2.75) is 45.8 Å². The fraction of sp³-hybridized carbons (Fsp3) is 1.00. The van der Waals surface area contributed by atoms with Crippen LogP contribution in [0.25, 0.3) is 0 Å². The van der Waals surface area contributed by atoms with Crippen LogP contribution in [0.2, 0.25) is 0 Å². The highest BCUT2D eigenvalue weighted by Gasteiger charge is 2.31. The van der Waals surface area contributed by atoms with E-state index in [1.807, 2.05) is 0 Å². The standard InChI is InChI=1S/C11H22F3NS/c1-9(2)15(8-11(12,13)14)6-4-10(3)5-7-16/h9-10,16H,4-8H2,1-3H3. The Morgan fingerprint density at radius 3 is 2.06 bits per heavy atom. The normalized spacial score (nSPS) is 14.8. The topological polar surface area (TPSA) is 3.24 Å². The molecule has 0 N–H and O–H groups in total. The third kappa shape index (κ3) is 8.28. The molecule has 0 aromatic carbocycles. The van der Waals surface area contributed by atoms with Crippen LogP contribution in [0, 0.1) is 5.92 Å². The maximum absolute atomic E-state index is 12.3. The zero-order valence-electron chi connectivity index (χ0n) is 10.2. The van der Waals surface area contributed by atoms with Crippen molar-refractivity contribution in [3.63, 3.8) is 0 Å². The average Bonchev–Trinajstić information content (AvgIpc) is 2.10. The second-order valence-corrected chi connectivity index (χ2v) is 5.03. The molecule has 0 saturated carbocycles. The monoisotopic (exact) mass is 257 g/mol. The van der Waals surface area contributed by atoms with Crippen LogP contribution in [-0.4, -0.2) is 36.0 Å². The molecule has 1 atom stereocenters. The molecule has 1 unspecified atom stereocenters. The van der Waals surface area contributed by atoms with Crippen molar-refractivity contribution in [2.75, 3.05) is 18.8 Å². The van der Waals surface area contributed by atoms with Gasteiger partial charge in [0.1, 0.15) is 0 Å². The van der Waals surface area contributed by atoms with Crippen molar-refractivity contribution >= 4 is 12.6 Å². The van der Waals surface area contributed by atoms with E-state index >= 15 is 0 Å². The van der Waals surface area contributed by atoms with Gasteiger partial charge in [-0.15, -0.1) is 0 Å². The van der Waals surface area contributed by atoms with Crippen LogP contribution in [0.1, 0.15) is 33.6 Å². The highest BCUT2D eigenvalue weighted by Crippen LogP contribution is 2.19. The summed E-state index contributed by atoms with van der Waals surface area (Å²) in [6.07, 6.45) is -2.34. The summed E-state index contributed by atoms with van der Waals surface area (Å²) in [5, 5.41) is 0. The van der Waals surface area contributed by atoms with E-state index in [1.54, 1.807) is 13.8 Å². The van der Waals surface area contributed by atoms with Gasteiger partial charge in [0.15, 0.2) is 0 Å². The van der Waals surface area contributed by atoms with Gasteiger partial charge in [0.05, 0.1) is 6.54 Å². The van der Waals surface area contributed by atoms with Gasteiger partial charge >= 0.3 is 6.18 Å². The van der Waals surface area contributed by atoms with Crippen molar-refractivity contribution in [1.82, 2.24) is 4.90 Å². The van der Waals surface area contributed by atoms with E-state index in [1.165, 1.54) is 4.90 Å². The molecule has 0 spiro atoms. The molecule has 0 aromatic heterocycles. The number of halogens is 3. The molecule has 0 rings (SSSR count). The fourth-order valence-electron chi connectivity index (χ4n) is 1.50. The van der Waals surface area contributed by atoms with Gasteiger partial charge in [-0.1, -0.05) is 6.92 Å². The van der Waals surface area contributed by atoms with Gasteiger partial charge in [0.2, 0.25) is 0 Å². The third-order valence-electron chi connectivity index (χ3n) is 2.64. The summed E-state index contributed by atoms with van der Waals surface area (Å²) in [5.74, 6) is 1.23. The minimum absolute atomic E-state index is 0.0650. The minimum Gasteiger partial charge on any atom is -0.293 e. The van der Waals surface area contributed by atoms with Crippen LogP contribution in [0.5, 0.6) is 0 Å². The Morgan fingerprint density at radius 2 is 1.69 bits per heavy atom. The van der Waals surface area contributed by atoms with E-state index in [0.29, 0.717) is 12.5 Å². The number of rotatable bonds is 7. The lowest BCUT2D eigenvalue weighted by Gasteiger charge is -2.28. The first-order valence-electron chi connectivity index (χ1n) is 5.68. The van der Waals surface area contributed by atoms with Gasteiger partial charge in [0.25, 0.3) is 0 Å². The third-order valence-corrected chi connectivity index (χ3v) is 2.90. The lowest BCUT2D eigenvalue weighted by Crippen LogP contribution is -2.40. The lowest BCUT2D eigenvalue weighted by atomic mass is 10.0. The summed E-state index contributed by atoms with van der Waals surface area (Å²) in [7, 11) is 0. The minimum atomic E-state index is -4.10. The summed E-state index contributed by atoms with van der Waals surface area (Å²) < 4.78 is 36.9. The zero-order chi connectivity index (χ0) is 12.8. The molecular weight excluding hydrogens is 235 g/mol. The number of thiol groups is 1. The number of alkyl halides is 3. The molecule has 0 heterocycles. The zero-order valence-corrected chi connectivity index (χ0v) is 11.1. The van der Waals surface area contributed by atoms with Crippen LogP contribution in [-0.2, 0) is 0 Å². The Bertz CT molecular complexity index is 183. The van der Waals surface area contributed by atoms with E-state index in [-0.39, 0.29) is 6.04 Å². The summed E-state index contributed by atoms with van der Waals surface area (Å²) in [4.78, 5) is 1.48. The van der Waals surface area contributed by atoms with Gasteiger partial charge in [-0.3, -0.25) is 4.90 Å². The molecule has 0 fully saturated rings. The predicted molar refractivity (Wildman–Crippen MR) is 65.0 cm³/mol. The molecule has 0 bridgehead atoms. The van der Waals surface area contributed by atoms with E-state index in [9.17, 15) is 13.2 Å². The second kappa shape index (κ2) is 7.43. The quantitative estimate of drug-likeness (QED) is 0.682. The highest BCUT2D eigenvalue weighted by molar-refractivity contribution is 7.80. The van der Waals surface area contributed by atoms with Gasteiger partial charge in [-0.05, 0) is 44.9 Å². The largest absolute Gasteiger partial charge is 0.401 e. The van der Waals surface area contributed by atoms with Crippen LogP contribution in [0.4, 0.5) is 13.2 Å². The SMILES string of the molecule is CC(CCS)CCN(CC(F)(F)F)C(C)C. The lowest BCUT2D eigenvalue weighted by molar-refractivity contribution is -0.149. The molecular formula is C11H22F3NS. The molecule has 0 radical (unpaired) electrons. The molecule has 0 aromatic rings. The first kappa shape index (κ1) is 16.1. The second-order valence-electron chi connectivity index (χ2n) is 4.59. The average molecular weight is 257 g/mol. The van der Waals surface area contributed by atoms with Crippen LogP contribution < -0.4 is 0 Å². The van der Waals surface area contributed by atoms with Crippen LogP contribution in [0.15, 0.2) is 0 Å². The smallest absolute Gasteiger partial charge is 0.293 e. The van der Waals surface area contributed by atoms with Crippen LogP contribution >= 0.6 is 12.6 Å². The molecule has 0 aliphatic rings. The maximum Gasteiger partial charge on any atom is 0.401 e. The van der Waals surface area contributed by atoms with E-state index in [0.717, 1.165) is 18.6 Å². The molecule has 0 saturated heterocycles. The van der Waals surface area contributed by atoms with Crippen molar-refractivity contribution in [1.29, 1.82) is 0 Å². The number of hydrogen-bond acceptors (Lipinski definition) is 2. The molecule has 1 nitrogen and oxygen atoms in total. The first-order valence-corrected chi connectivity index (χ1v) is 6.31. The number of nitrogens with zero attached hydrogens (tertiary/aromatic N) is 1. The van der Waals surface area contributed by atoms with Crippen molar-refractivity contribution in [3.8, 4) is 0 Å². The Labute approximate surface area is 102 Å². The van der Waals surface area contributed by atoms with Gasteiger partial charge < -0.3 is 0 Å². The fourth-order valence-corrected chi connectivity index (χ4v) is 1.94. The summed E-state index contributed by atoms with van der Waals surface area (Å²) in [6, 6.07) is -0.0650. The Balaban J connectivity index is 4.04. The van der Waals surface area contributed by atoms with Gasteiger partial charge in [-0.25, -0.2) is 0 Å². The summed E-state index contributed by atoms with van der Waals surface area (Å²) in [6.45, 7) is 5.36. The predicted octanol–water partition coefficient (Wildman–Crippen LogP) is 3.61. The maximum atomic E-state index is 12.3. The molecule has 16 heavy (non-hydrogen) atoms. The van der Waals surface area contributed by atoms with Crippen molar-refractivity contribution in [2.24, 2.45) is 5.92 Å². The van der Waals surface area contributed by atoms with Crippen LogP contribution in [0.3, 0.4) is 0 Å². The highest BCUT2D eigenvalue weighted by atomic mass is 32.1. The Hall–Kier alpha value is 0.100.